The van der Waals surface area contributed by atoms with Crippen molar-refractivity contribution in [1.29, 1.82) is 0 Å². The molecule has 0 unspecified atom stereocenters. The summed E-state index contributed by atoms with van der Waals surface area (Å²) in [4.78, 5) is 2.53. The summed E-state index contributed by atoms with van der Waals surface area (Å²) in [5.74, 6) is -0.808. The number of ether oxygens (including phenoxy) is 3. The Morgan fingerprint density at radius 3 is 2.76 bits per heavy atom. The summed E-state index contributed by atoms with van der Waals surface area (Å²) in [5, 5.41) is 22.8. The number of aliphatic hydroxyl groups excluding tert-OH is 2. The molecule has 0 aromatic rings. The normalized spacial score (nSPS) is 40.7. The zero-order chi connectivity index (χ0) is 12.6. The van der Waals surface area contributed by atoms with E-state index in [0.29, 0.717) is 0 Å². The first-order valence-electron chi connectivity index (χ1n) is 5.33. The Morgan fingerprint density at radius 1 is 1.47 bits per heavy atom. The first-order valence-corrected chi connectivity index (χ1v) is 5.33. The van der Waals surface area contributed by atoms with Crippen LogP contribution in [0, 0.1) is 0 Å². The Kier molecular flexibility index (Phi) is 3.26. The largest absolute Gasteiger partial charge is 0.390 e. The van der Waals surface area contributed by atoms with Crippen molar-refractivity contribution in [3.63, 3.8) is 0 Å². The molecule has 2 fully saturated rings. The van der Waals surface area contributed by atoms with Crippen LogP contribution in [0.3, 0.4) is 0 Å². The SMILES string of the molecule is CC1(C)O[C@H]2O[C@H]([C@H](O)CN=[N+]=[N-])[C@H](O)[C@H]2O1. The van der Waals surface area contributed by atoms with Gasteiger partial charge in [-0.1, -0.05) is 5.11 Å². The summed E-state index contributed by atoms with van der Waals surface area (Å²) >= 11 is 0. The zero-order valence-corrected chi connectivity index (χ0v) is 9.55. The Bertz CT molecular complexity index is 344. The number of hydrogen-bond acceptors (Lipinski definition) is 6. The van der Waals surface area contributed by atoms with Crippen LogP contribution in [0.4, 0.5) is 0 Å². The van der Waals surface area contributed by atoms with E-state index >= 15 is 0 Å². The molecule has 96 valence electrons. The molecule has 2 aliphatic heterocycles. The summed E-state index contributed by atoms with van der Waals surface area (Å²) in [7, 11) is 0. The van der Waals surface area contributed by atoms with Crippen LogP contribution < -0.4 is 0 Å². The van der Waals surface area contributed by atoms with Crippen LogP contribution in [0.25, 0.3) is 10.4 Å². The fourth-order valence-electron chi connectivity index (χ4n) is 2.06. The molecule has 2 aliphatic rings. The van der Waals surface area contributed by atoms with Crippen molar-refractivity contribution < 1.29 is 24.4 Å². The van der Waals surface area contributed by atoms with Gasteiger partial charge in [0.15, 0.2) is 12.1 Å². The van der Waals surface area contributed by atoms with E-state index in [4.69, 9.17) is 19.7 Å². The molecule has 17 heavy (non-hydrogen) atoms. The van der Waals surface area contributed by atoms with Gasteiger partial charge >= 0.3 is 0 Å². The van der Waals surface area contributed by atoms with Gasteiger partial charge < -0.3 is 24.4 Å². The Labute approximate surface area is 97.7 Å². The molecule has 8 nitrogen and oxygen atoms in total. The average molecular weight is 245 g/mol. The van der Waals surface area contributed by atoms with E-state index in [2.05, 4.69) is 10.0 Å². The number of aliphatic hydroxyl groups is 2. The van der Waals surface area contributed by atoms with Gasteiger partial charge in [-0.15, -0.1) is 0 Å². The molecule has 0 saturated carbocycles. The van der Waals surface area contributed by atoms with Gasteiger partial charge in [0.05, 0.1) is 12.6 Å². The summed E-state index contributed by atoms with van der Waals surface area (Å²) in [6.07, 6.45) is -4.29. The van der Waals surface area contributed by atoms with Gasteiger partial charge in [0.2, 0.25) is 0 Å². The number of rotatable bonds is 3. The third-order valence-corrected chi connectivity index (χ3v) is 2.76. The zero-order valence-electron chi connectivity index (χ0n) is 9.55. The van der Waals surface area contributed by atoms with E-state index in [-0.39, 0.29) is 6.54 Å². The summed E-state index contributed by atoms with van der Waals surface area (Å²) in [6, 6.07) is 0. The standard InChI is InChI=1S/C9H15N3O5/c1-9(2)16-7-5(14)6(15-8(7)17-9)4(13)3-11-12-10/h4-8,13-14H,3H2,1-2H3/t4-,5+,6-,7-,8-/m1/s1. The van der Waals surface area contributed by atoms with Gasteiger partial charge in [-0.05, 0) is 19.4 Å². The molecule has 8 heteroatoms. The molecule has 0 radical (unpaired) electrons. The third-order valence-electron chi connectivity index (χ3n) is 2.76. The predicted molar refractivity (Wildman–Crippen MR) is 54.7 cm³/mol. The highest BCUT2D eigenvalue weighted by atomic mass is 16.8. The molecule has 0 aromatic heterocycles. The van der Waals surface area contributed by atoms with Crippen LogP contribution in [-0.2, 0) is 14.2 Å². The van der Waals surface area contributed by atoms with Crippen LogP contribution >= 0.6 is 0 Å². The molecule has 2 N–H and O–H groups in total. The molecule has 2 rings (SSSR count). The van der Waals surface area contributed by atoms with Crippen LogP contribution in [0.5, 0.6) is 0 Å². The van der Waals surface area contributed by atoms with Crippen molar-refractivity contribution in [3.8, 4) is 0 Å². The van der Waals surface area contributed by atoms with E-state index in [9.17, 15) is 10.2 Å². The topological polar surface area (TPSA) is 117 Å². The monoisotopic (exact) mass is 245 g/mol. The molecule has 2 saturated heterocycles. The summed E-state index contributed by atoms with van der Waals surface area (Å²) < 4.78 is 16.2. The average Bonchev–Trinajstić information content (AvgIpc) is 2.70. The second-order valence-corrected chi connectivity index (χ2v) is 4.54. The molecule has 0 bridgehead atoms. The van der Waals surface area contributed by atoms with Crippen molar-refractivity contribution in [2.75, 3.05) is 6.54 Å². The van der Waals surface area contributed by atoms with Gasteiger partial charge in [0, 0.05) is 4.91 Å². The number of nitrogens with zero attached hydrogens (tertiary/aromatic N) is 3. The second kappa shape index (κ2) is 4.41. The number of fused-ring (bicyclic) bond motifs is 1. The van der Waals surface area contributed by atoms with Crippen LogP contribution in [-0.4, -0.2) is 53.3 Å². The molecule has 5 atom stereocenters. The quantitative estimate of drug-likeness (QED) is 0.409. The maximum atomic E-state index is 9.94. The smallest absolute Gasteiger partial charge is 0.190 e. The molecular formula is C9H15N3O5. The van der Waals surface area contributed by atoms with E-state index in [1.54, 1.807) is 13.8 Å². The lowest BCUT2D eigenvalue weighted by Crippen LogP contribution is -2.42. The van der Waals surface area contributed by atoms with Crippen molar-refractivity contribution in [2.24, 2.45) is 5.11 Å². The first kappa shape index (κ1) is 12.6. The van der Waals surface area contributed by atoms with Gasteiger partial charge in [0.25, 0.3) is 0 Å². The minimum atomic E-state index is -1.08. The van der Waals surface area contributed by atoms with Crippen LogP contribution in [0.15, 0.2) is 5.11 Å². The highest BCUT2D eigenvalue weighted by Gasteiger charge is 2.55. The van der Waals surface area contributed by atoms with Crippen molar-refractivity contribution in [3.05, 3.63) is 10.4 Å². The van der Waals surface area contributed by atoms with Gasteiger partial charge in [0.1, 0.15) is 18.3 Å². The molecule has 0 aromatic carbocycles. The lowest BCUT2D eigenvalue weighted by atomic mass is 10.1. The van der Waals surface area contributed by atoms with Crippen molar-refractivity contribution >= 4 is 0 Å². The van der Waals surface area contributed by atoms with Gasteiger partial charge in [-0.2, -0.15) is 0 Å². The summed E-state index contributed by atoms with van der Waals surface area (Å²) in [6.45, 7) is 3.26. The minimum absolute atomic E-state index is 0.166. The molecular weight excluding hydrogens is 230 g/mol. The second-order valence-electron chi connectivity index (χ2n) is 4.54. The fraction of sp³-hybridized carbons (Fsp3) is 1.00. The highest BCUT2D eigenvalue weighted by Crippen LogP contribution is 2.38. The van der Waals surface area contributed by atoms with E-state index in [0.717, 1.165) is 0 Å². The maximum absolute atomic E-state index is 9.94. The van der Waals surface area contributed by atoms with Crippen molar-refractivity contribution in [2.45, 2.75) is 50.3 Å². The third kappa shape index (κ3) is 2.37. The van der Waals surface area contributed by atoms with E-state index in [1.807, 2.05) is 0 Å². The van der Waals surface area contributed by atoms with E-state index < -0.39 is 36.5 Å². The van der Waals surface area contributed by atoms with Gasteiger partial charge in [-0.25, -0.2) is 0 Å². The highest BCUT2D eigenvalue weighted by molar-refractivity contribution is 4.96. The van der Waals surface area contributed by atoms with Crippen LogP contribution in [0.2, 0.25) is 0 Å². The van der Waals surface area contributed by atoms with Gasteiger partial charge in [-0.3, -0.25) is 0 Å². The Morgan fingerprint density at radius 2 is 2.18 bits per heavy atom. The van der Waals surface area contributed by atoms with E-state index in [1.165, 1.54) is 0 Å². The molecule has 0 aliphatic carbocycles. The van der Waals surface area contributed by atoms with Crippen molar-refractivity contribution in [1.82, 2.24) is 0 Å². The lowest BCUT2D eigenvalue weighted by Gasteiger charge is -2.25. The maximum Gasteiger partial charge on any atom is 0.190 e. The molecule has 0 spiro atoms. The van der Waals surface area contributed by atoms with Crippen LogP contribution in [0.1, 0.15) is 13.8 Å². The minimum Gasteiger partial charge on any atom is -0.390 e. The molecule has 2 heterocycles. The fourth-order valence-corrected chi connectivity index (χ4v) is 2.06. The number of hydrogen-bond donors (Lipinski definition) is 2. The lowest BCUT2D eigenvalue weighted by molar-refractivity contribution is -0.224. The molecule has 0 amide bonds. The predicted octanol–water partition coefficient (Wildman–Crippen LogP) is -0.105. The first-order chi connectivity index (χ1) is 7.94. The Balaban J connectivity index is 2.00. The Hall–Kier alpha value is -0.890. The number of azide groups is 1. The summed E-state index contributed by atoms with van der Waals surface area (Å²) in [5.41, 5.74) is 8.15.